The fourth-order valence-electron chi connectivity index (χ4n) is 6.82. The molecule has 42 heavy (non-hydrogen) atoms. The first-order valence-corrected chi connectivity index (χ1v) is 17.3. The van der Waals surface area contributed by atoms with Crippen molar-refractivity contribution in [1.29, 1.82) is 0 Å². The molecule has 0 aliphatic heterocycles. The Hall–Kier alpha value is -3.55. The lowest BCUT2D eigenvalue weighted by molar-refractivity contribution is 0.0914. The zero-order valence-electron chi connectivity index (χ0n) is 24.9. The zero-order chi connectivity index (χ0) is 29.3. The van der Waals surface area contributed by atoms with E-state index in [1.807, 2.05) is 0 Å². The Morgan fingerprint density at radius 2 is 1.50 bits per heavy atom. The van der Waals surface area contributed by atoms with Gasteiger partial charge in [-0.2, -0.15) is 0 Å². The third-order valence-electron chi connectivity index (χ3n) is 9.27. The molecule has 2 fully saturated rings. The van der Waals surface area contributed by atoms with E-state index in [-0.39, 0.29) is 40.1 Å². The van der Waals surface area contributed by atoms with Crippen LogP contribution in [0.25, 0.3) is 11.0 Å². The van der Waals surface area contributed by atoms with E-state index < -0.39 is 8.32 Å². The van der Waals surface area contributed by atoms with Crippen LogP contribution in [0.4, 0.5) is 0 Å². The van der Waals surface area contributed by atoms with Crippen molar-refractivity contribution in [3.8, 4) is 0 Å². The predicted octanol–water partition coefficient (Wildman–Crippen LogP) is 5.74. The lowest BCUT2D eigenvalue weighted by Crippen LogP contribution is -2.67. The van der Waals surface area contributed by atoms with E-state index in [1.165, 1.54) is 10.4 Å². The van der Waals surface area contributed by atoms with Crippen LogP contribution in [0.15, 0.2) is 90.0 Å². The summed E-state index contributed by atoms with van der Waals surface area (Å²) >= 11 is 0. The number of fused-ring (bicyclic) bond motifs is 1. The summed E-state index contributed by atoms with van der Waals surface area (Å²) in [6, 6.07) is 25.5. The number of aromatic nitrogens is 2. The van der Waals surface area contributed by atoms with Crippen molar-refractivity contribution < 1.29 is 9.22 Å². The highest BCUT2D eigenvalue weighted by Gasteiger charge is 2.51. The lowest BCUT2D eigenvalue weighted by atomic mass is 9.92. The number of hydrogen-bond acceptors (Lipinski definition) is 4. The fourth-order valence-corrected chi connectivity index (χ4v) is 11.6. The molecule has 1 N–H and O–H groups in total. The number of pyridine rings is 2. The van der Waals surface area contributed by atoms with Gasteiger partial charge >= 0.3 is 0 Å². The van der Waals surface area contributed by atoms with Crippen LogP contribution in [-0.4, -0.2) is 35.9 Å². The van der Waals surface area contributed by atoms with Crippen molar-refractivity contribution in [3.63, 3.8) is 0 Å². The molecule has 7 heteroatoms. The summed E-state index contributed by atoms with van der Waals surface area (Å²) in [5.74, 6) is -0.270. The summed E-state index contributed by atoms with van der Waals surface area (Å²) in [6.07, 6.45) is 10.3. The SMILES string of the molecule is CC(C)(C)[Si](OC1CCC(n2cc(C(=O)NC3CCC3)c(=O)c3cccnc32)CC1)(c1ccccc1)c1ccccc1. The lowest BCUT2D eigenvalue weighted by Gasteiger charge is -2.46. The third kappa shape index (κ3) is 5.24. The molecule has 2 aliphatic carbocycles. The van der Waals surface area contributed by atoms with Gasteiger partial charge in [0, 0.05) is 30.6 Å². The van der Waals surface area contributed by atoms with Gasteiger partial charge in [-0.15, -0.1) is 0 Å². The molecule has 0 spiro atoms. The van der Waals surface area contributed by atoms with Gasteiger partial charge in [-0.25, -0.2) is 4.98 Å². The highest BCUT2D eigenvalue weighted by molar-refractivity contribution is 6.99. The second-order valence-electron chi connectivity index (χ2n) is 13.0. The quantitative estimate of drug-likeness (QED) is 0.284. The number of carbonyl (C=O) groups excluding carboxylic acids is 1. The van der Waals surface area contributed by atoms with Crippen LogP contribution >= 0.6 is 0 Å². The van der Waals surface area contributed by atoms with Gasteiger partial charge in [-0.3, -0.25) is 9.59 Å². The maximum absolute atomic E-state index is 13.3. The Morgan fingerprint density at radius 3 is 2.05 bits per heavy atom. The Kier molecular flexibility index (Phi) is 7.90. The number of hydrogen-bond donors (Lipinski definition) is 1. The van der Waals surface area contributed by atoms with Gasteiger partial charge in [-0.1, -0.05) is 81.4 Å². The minimum absolute atomic E-state index is 0.0753. The molecule has 218 valence electrons. The molecule has 4 aromatic rings. The van der Waals surface area contributed by atoms with Crippen molar-refractivity contribution in [2.45, 2.75) is 88.9 Å². The topological polar surface area (TPSA) is 73.2 Å². The van der Waals surface area contributed by atoms with Crippen molar-refractivity contribution >= 4 is 35.6 Å². The number of nitrogens with zero attached hydrogens (tertiary/aromatic N) is 2. The fraction of sp³-hybridized carbons (Fsp3) is 0.400. The molecular weight excluding hydrogens is 538 g/mol. The predicted molar refractivity (Wildman–Crippen MR) is 171 cm³/mol. The normalized spacial score (nSPS) is 19.8. The average molecular weight is 580 g/mol. The average Bonchev–Trinajstić information content (AvgIpc) is 2.99. The van der Waals surface area contributed by atoms with E-state index in [0.717, 1.165) is 44.9 Å². The van der Waals surface area contributed by atoms with E-state index in [2.05, 4.69) is 96.3 Å². The summed E-state index contributed by atoms with van der Waals surface area (Å²) in [4.78, 5) is 31.1. The zero-order valence-corrected chi connectivity index (χ0v) is 25.9. The molecule has 1 amide bonds. The Bertz CT molecular complexity index is 1560. The van der Waals surface area contributed by atoms with Gasteiger partial charge in [0.15, 0.2) is 0 Å². The number of amides is 1. The molecule has 2 aromatic heterocycles. The summed E-state index contributed by atoms with van der Waals surface area (Å²) in [6.45, 7) is 6.96. The van der Waals surface area contributed by atoms with Crippen molar-refractivity contribution in [1.82, 2.24) is 14.9 Å². The number of rotatable bonds is 7. The Labute approximate surface area is 249 Å². The van der Waals surface area contributed by atoms with Crippen molar-refractivity contribution in [3.05, 3.63) is 101 Å². The van der Waals surface area contributed by atoms with Gasteiger partial charge in [-0.05, 0) is 72.5 Å². The number of benzene rings is 2. The summed E-state index contributed by atoms with van der Waals surface area (Å²) in [5, 5.41) is 6.08. The van der Waals surface area contributed by atoms with E-state index in [0.29, 0.717) is 11.0 Å². The second-order valence-corrected chi connectivity index (χ2v) is 17.2. The van der Waals surface area contributed by atoms with Crippen LogP contribution in [0.1, 0.15) is 82.1 Å². The first-order valence-electron chi connectivity index (χ1n) is 15.4. The van der Waals surface area contributed by atoms with Gasteiger partial charge in [0.2, 0.25) is 5.43 Å². The molecule has 2 saturated carbocycles. The highest BCUT2D eigenvalue weighted by atomic mass is 28.4. The van der Waals surface area contributed by atoms with E-state index in [4.69, 9.17) is 4.43 Å². The molecule has 0 unspecified atom stereocenters. The van der Waals surface area contributed by atoms with Crippen molar-refractivity contribution in [2.75, 3.05) is 0 Å². The first-order chi connectivity index (χ1) is 20.3. The maximum Gasteiger partial charge on any atom is 0.261 e. The maximum atomic E-state index is 13.3. The van der Waals surface area contributed by atoms with Gasteiger partial charge < -0.3 is 14.3 Å². The summed E-state index contributed by atoms with van der Waals surface area (Å²) < 4.78 is 9.52. The molecule has 2 aromatic carbocycles. The Morgan fingerprint density at radius 1 is 0.881 bits per heavy atom. The van der Waals surface area contributed by atoms with Gasteiger partial charge in [0.1, 0.15) is 11.2 Å². The number of carbonyl (C=O) groups is 1. The van der Waals surface area contributed by atoms with Gasteiger partial charge in [0.25, 0.3) is 14.2 Å². The number of nitrogens with one attached hydrogen (secondary N) is 1. The first kappa shape index (κ1) is 28.6. The van der Waals surface area contributed by atoms with Crippen LogP contribution in [0.2, 0.25) is 5.04 Å². The highest BCUT2D eigenvalue weighted by Crippen LogP contribution is 2.40. The minimum atomic E-state index is -2.64. The monoisotopic (exact) mass is 579 g/mol. The van der Waals surface area contributed by atoms with E-state index in [9.17, 15) is 9.59 Å². The molecule has 0 atom stereocenters. The molecule has 0 bridgehead atoms. The molecule has 2 aliphatic rings. The van der Waals surface area contributed by atoms with E-state index >= 15 is 0 Å². The van der Waals surface area contributed by atoms with Crippen LogP contribution in [0.5, 0.6) is 0 Å². The molecule has 0 saturated heterocycles. The molecule has 2 heterocycles. The van der Waals surface area contributed by atoms with Crippen LogP contribution in [0, 0.1) is 0 Å². The van der Waals surface area contributed by atoms with Crippen LogP contribution < -0.4 is 21.1 Å². The van der Waals surface area contributed by atoms with Crippen LogP contribution in [-0.2, 0) is 4.43 Å². The van der Waals surface area contributed by atoms with E-state index in [1.54, 1.807) is 24.5 Å². The van der Waals surface area contributed by atoms with Crippen molar-refractivity contribution in [2.24, 2.45) is 0 Å². The van der Waals surface area contributed by atoms with Gasteiger partial charge in [0.05, 0.1) is 5.39 Å². The molecule has 0 radical (unpaired) electrons. The molecule has 6 rings (SSSR count). The molecule has 6 nitrogen and oxygen atoms in total. The van der Waals surface area contributed by atoms with Crippen LogP contribution in [0.3, 0.4) is 0 Å². The smallest absolute Gasteiger partial charge is 0.261 e. The summed E-state index contributed by atoms with van der Waals surface area (Å²) in [5.41, 5.74) is 0.627. The standard InChI is InChI=1S/C35H41N3O3Si/c1-35(2,3)42(28-14-6-4-7-15-28,29-16-8-5-9-17-29)41-27-21-19-26(20-22-27)38-24-31(34(40)37-25-12-10-13-25)32(39)30-18-11-23-36-33(30)38/h4-9,11,14-18,23-27H,10,12-13,19-22H2,1-3H3,(H,37,40). The largest absolute Gasteiger partial charge is 0.404 e. The second kappa shape index (κ2) is 11.6. The summed E-state index contributed by atoms with van der Waals surface area (Å²) in [7, 11) is -2.64. The minimum Gasteiger partial charge on any atom is -0.404 e. The molecular formula is C35H41N3O3Si. The Balaban J connectivity index is 1.30. The third-order valence-corrected chi connectivity index (χ3v) is 14.4.